The van der Waals surface area contributed by atoms with Gasteiger partial charge in [-0.1, -0.05) is 6.92 Å². The maximum absolute atomic E-state index is 12.6. The summed E-state index contributed by atoms with van der Waals surface area (Å²) in [6, 6.07) is 5.27. The lowest BCUT2D eigenvalue weighted by Crippen LogP contribution is -2.41. The molecule has 0 atom stereocenters. The average molecular weight is 388 g/mol. The largest absolute Gasteiger partial charge is 0.493 e. The lowest BCUT2D eigenvalue weighted by molar-refractivity contribution is -0.117. The topological polar surface area (TPSA) is 86.6 Å². The zero-order valence-electron chi connectivity index (χ0n) is 15.8. The maximum atomic E-state index is 12.6. The molecule has 0 N–H and O–H groups in total. The molecule has 27 heavy (non-hydrogen) atoms. The van der Waals surface area contributed by atoms with Crippen molar-refractivity contribution in [2.45, 2.75) is 32.3 Å². The molecule has 1 aromatic heterocycles. The van der Waals surface area contributed by atoms with Crippen LogP contribution in [0.3, 0.4) is 0 Å². The van der Waals surface area contributed by atoms with Gasteiger partial charge >= 0.3 is 0 Å². The van der Waals surface area contributed by atoms with E-state index in [1.165, 1.54) is 37.7 Å². The molecular formula is C18H20N4O4S. The average Bonchev–Trinajstić information content (AvgIpc) is 3.08. The predicted octanol–water partition coefficient (Wildman–Crippen LogP) is 2.41. The number of ether oxygens (including phenoxy) is 2. The monoisotopic (exact) mass is 388 g/mol. The molecule has 0 spiro atoms. The van der Waals surface area contributed by atoms with Gasteiger partial charge in [0.05, 0.1) is 24.8 Å². The van der Waals surface area contributed by atoms with Gasteiger partial charge in [-0.15, -0.1) is 10.2 Å². The molecule has 0 radical (unpaired) electrons. The van der Waals surface area contributed by atoms with Crippen LogP contribution in [0.2, 0.25) is 0 Å². The van der Waals surface area contributed by atoms with Crippen LogP contribution in [0, 0.1) is 0 Å². The number of fused-ring (bicyclic) bond motifs is 1. The summed E-state index contributed by atoms with van der Waals surface area (Å²) >= 11 is 1.20. The van der Waals surface area contributed by atoms with Crippen molar-refractivity contribution in [3.63, 3.8) is 0 Å². The summed E-state index contributed by atoms with van der Waals surface area (Å²) in [6.07, 6.45) is 0.589. The minimum absolute atomic E-state index is 0.164. The summed E-state index contributed by atoms with van der Waals surface area (Å²) in [5.41, 5.74) is 1.13. The molecule has 1 aliphatic heterocycles. The molecule has 0 fully saturated rings. The van der Waals surface area contributed by atoms with Crippen LogP contribution in [0.15, 0.2) is 28.3 Å². The van der Waals surface area contributed by atoms with Crippen molar-refractivity contribution >= 4 is 29.1 Å². The first-order valence-electron chi connectivity index (χ1n) is 8.33. The molecule has 1 amide bonds. The summed E-state index contributed by atoms with van der Waals surface area (Å²) in [6.45, 7) is 4.84. The Morgan fingerprint density at radius 3 is 2.37 bits per heavy atom. The Morgan fingerprint density at radius 2 is 1.81 bits per heavy atom. The minimum Gasteiger partial charge on any atom is -0.493 e. The van der Waals surface area contributed by atoms with Crippen molar-refractivity contribution in [3.8, 4) is 11.5 Å². The molecule has 142 valence electrons. The fourth-order valence-electron chi connectivity index (χ4n) is 2.89. The van der Waals surface area contributed by atoms with E-state index in [0.29, 0.717) is 45.1 Å². The van der Waals surface area contributed by atoms with Gasteiger partial charge in [-0.2, -0.15) is 0 Å². The van der Waals surface area contributed by atoms with E-state index in [0.717, 1.165) is 0 Å². The zero-order chi connectivity index (χ0) is 19.7. The number of ketones is 1. The quantitative estimate of drug-likeness (QED) is 0.777. The number of aromatic nitrogens is 3. The number of Topliss-reactive ketones (excluding diaryl/α,β-unsaturated/α-hetero) is 1. The van der Waals surface area contributed by atoms with E-state index >= 15 is 0 Å². The first-order valence-corrected chi connectivity index (χ1v) is 9.15. The Balaban J connectivity index is 2.28. The van der Waals surface area contributed by atoms with Crippen molar-refractivity contribution < 1.29 is 19.1 Å². The Bertz CT molecular complexity index is 951. The molecule has 1 aliphatic rings. The summed E-state index contributed by atoms with van der Waals surface area (Å²) in [4.78, 5) is 25.4. The van der Waals surface area contributed by atoms with Crippen LogP contribution >= 0.6 is 11.8 Å². The van der Waals surface area contributed by atoms with Crippen LogP contribution < -0.4 is 14.5 Å². The smallest absolute Gasteiger partial charge is 0.243 e. The second-order valence-corrected chi connectivity index (χ2v) is 6.78. The number of allylic oxidation sites excluding steroid dienone is 1. The maximum Gasteiger partial charge on any atom is 0.243 e. The van der Waals surface area contributed by atoms with Crippen LogP contribution in [-0.4, -0.2) is 40.8 Å². The molecule has 2 heterocycles. The van der Waals surface area contributed by atoms with E-state index in [9.17, 15) is 9.59 Å². The minimum atomic E-state index is -0.255. The lowest BCUT2D eigenvalue weighted by Gasteiger charge is -2.32. The molecule has 2 aromatic rings. The highest BCUT2D eigenvalue weighted by Gasteiger charge is 2.34. The van der Waals surface area contributed by atoms with Gasteiger partial charge < -0.3 is 9.47 Å². The summed E-state index contributed by atoms with van der Waals surface area (Å²) in [5.74, 6) is 1.28. The summed E-state index contributed by atoms with van der Waals surface area (Å²) in [7, 11) is 3.08. The molecule has 8 nitrogen and oxygen atoms in total. The molecule has 0 saturated heterocycles. The number of benzene rings is 1. The van der Waals surface area contributed by atoms with Gasteiger partial charge in [0, 0.05) is 18.9 Å². The molecule has 1 aromatic carbocycles. The van der Waals surface area contributed by atoms with Crippen LogP contribution in [0.5, 0.6) is 11.5 Å². The fourth-order valence-corrected chi connectivity index (χ4v) is 3.87. The number of hydrogen-bond donors (Lipinski definition) is 0. The standard InChI is InChI=1S/C18H20N4O4S/c1-6-15-19-20-18-22(15)21(11(3)24)16(17(27-18)10(2)23)12-7-8-13(25-4)14(9-12)26-5/h7-9H,6H2,1-5H3. The molecule has 0 unspecified atom stereocenters. The van der Waals surface area contributed by atoms with E-state index in [-0.39, 0.29) is 11.7 Å². The normalized spacial score (nSPS) is 13.4. The molecule has 3 rings (SSSR count). The highest BCUT2D eigenvalue weighted by atomic mass is 32.2. The SMILES string of the molecule is CCc1nnc2n1N(C(C)=O)C(c1ccc(OC)c(OC)c1)=C(C(C)=O)S2. The van der Waals surface area contributed by atoms with Gasteiger partial charge in [0.15, 0.2) is 23.1 Å². The van der Waals surface area contributed by atoms with Crippen molar-refractivity contribution in [1.29, 1.82) is 0 Å². The first-order chi connectivity index (χ1) is 12.9. The molecule has 0 bridgehead atoms. The number of rotatable bonds is 5. The van der Waals surface area contributed by atoms with Gasteiger partial charge in [-0.3, -0.25) is 9.59 Å². The number of amides is 1. The van der Waals surface area contributed by atoms with E-state index in [2.05, 4.69) is 10.2 Å². The second kappa shape index (κ2) is 7.43. The number of carbonyl (C=O) groups is 2. The Kier molecular flexibility index (Phi) is 5.22. The fraction of sp³-hybridized carbons (Fsp3) is 0.333. The zero-order valence-corrected chi connectivity index (χ0v) is 16.6. The summed E-state index contributed by atoms with van der Waals surface area (Å²) < 4.78 is 12.3. The first kappa shape index (κ1) is 19.0. The number of carbonyl (C=O) groups excluding carboxylic acids is 2. The number of nitrogens with zero attached hydrogens (tertiary/aromatic N) is 4. The van der Waals surface area contributed by atoms with Gasteiger partial charge in [-0.25, -0.2) is 9.69 Å². The summed E-state index contributed by atoms with van der Waals surface area (Å²) in [5, 5.41) is 10.2. The van der Waals surface area contributed by atoms with Crippen molar-refractivity contribution in [2.75, 3.05) is 19.2 Å². The second-order valence-electron chi connectivity index (χ2n) is 5.80. The third-order valence-electron chi connectivity index (χ3n) is 4.09. The molecule has 9 heteroatoms. The van der Waals surface area contributed by atoms with Crippen molar-refractivity contribution in [3.05, 3.63) is 34.5 Å². The van der Waals surface area contributed by atoms with Gasteiger partial charge in [0.1, 0.15) is 0 Å². The van der Waals surface area contributed by atoms with Crippen molar-refractivity contribution in [1.82, 2.24) is 14.9 Å². The van der Waals surface area contributed by atoms with Crippen LogP contribution in [0.25, 0.3) is 5.70 Å². The Hall–Kier alpha value is -2.81. The van der Waals surface area contributed by atoms with E-state index in [1.54, 1.807) is 30.0 Å². The highest BCUT2D eigenvalue weighted by Crippen LogP contribution is 2.41. The number of methoxy groups -OCH3 is 2. The number of hydrogen-bond acceptors (Lipinski definition) is 7. The van der Waals surface area contributed by atoms with E-state index in [4.69, 9.17) is 9.47 Å². The molecule has 0 saturated carbocycles. The van der Waals surface area contributed by atoms with Crippen LogP contribution in [-0.2, 0) is 16.0 Å². The van der Waals surface area contributed by atoms with Crippen molar-refractivity contribution in [2.24, 2.45) is 0 Å². The third-order valence-corrected chi connectivity index (χ3v) is 5.21. The van der Waals surface area contributed by atoms with E-state index < -0.39 is 0 Å². The number of thioether (sulfide) groups is 1. The predicted molar refractivity (Wildman–Crippen MR) is 101 cm³/mol. The van der Waals surface area contributed by atoms with Gasteiger partial charge in [0.25, 0.3) is 0 Å². The Morgan fingerprint density at radius 1 is 1.11 bits per heavy atom. The van der Waals surface area contributed by atoms with Crippen LogP contribution in [0.1, 0.15) is 32.2 Å². The highest BCUT2D eigenvalue weighted by molar-refractivity contribution is 8.04. The Labute approximate surface area is 161 Å². The van der Waals surface area contributed by atoms with Crippen LogP contribution in [0.4, 0.5) is 0 Å². The lowest BCUT2D eigenvalue weighted by atomic mass is 10.1. The van der Waals surface area contributed by atoms with Gasteiger partial charge in [0.2, 0.25) is 11.1 Å². The third kappa shape index (κ3) is 3.18. The molecular weight excluding hydrogens is 368 g/mol. The number of aryl methyl sites for hydroxylation is 1. The van der Waals surface area contributed by atoms with Gasteiger partial charge in [-0.05, 0) is 36.9 Å². The van der Waals surface area contributed by atoms with E-state index in [1.807, 2.05) is 6.92 Å². The molecule has 0 aliphatic carbocycles.